The van der Waals surface area contributed by atoms with Crippen LogP contribution in [0.25, 0.3) is 0 Å². The summed E-state index contributed by atoms with van der Waals surface area (Å²) in [5.74, 6) is -0.437. The lowest BCUT2D eigenvalue weighted by Gasteiger charge is -2.30. The molecule has 0 bridgehead atoms. The zero-order chi connectivity index (χ0) is 13.9. The first-order valence-corrected chi connectivity index (χ1v) is 6.18. The number of pyridine rings is 1. The molecule has 2 N–H and O–H groups in total. The quantitative estimate of drug-likeness (QED) is 0.842. The molecule has 4 nitrogen and oxygen atoms in total. The highest BCUT2D eigenvalue weighted by atomic mass is 16.4. The fraction of sp³-hybridized carbons (Fsp3) is 0.571. The Morgan fingerprint density at radius 3 is 2.61 bits per heavy atom. The number of hydrogen-bond donors (Lipinski definition) is 2. The van der Waals surface area contributed by atoms with Gasteiger partial charge in [-0.2, -0.15) is 0 Å². The van der Waals surface area contributed by atoms with Gasteiger partial charge in [0, 0.05) is 18.4 Å². The van der Waals surface area contributed by atoms with Crippen LogP contribution in [0, 0.1) is 18.3 Å². The number of rotatable bonds is 5. The molecule has 1 rings (SSSR count). The van der Waals surface area contributed by atoms with Crippen LogP contribution in [-0.2, 0) is 0 Å². The van der Waals surface area contributed by atoms with Crippen LogP contribution in [0.5, 0.6) is 0 Å². The average Bonchev–Trinajstić information content (AvgIpc) is 2.26. The molecule has 0 aromatic carbocycles. The zero-order valence-corrected chi connectivity index (χ0v) is 11.7. The van der Waals surface area contributed by atoms with Crippen LogP contribution in [-0.4, -0.2) is 22.6 Å². The van der Waals surface area contributed by atoms with E-state index in [0.29, 0.717) is 11.6 Å². The Bertz CT molecular complexity index is 439. The summed E-state index contributed by atoms with van der Waals surface area (Å²) in [7, 11) is 0. The molecule has 0 fully saturated rings. The molecule has 0 radical (unpaired) electrons. The Kier molecular flexibility index (Phi) is 4.33. The third-order valence-corrected chi connectivity index (χ3v) is 3.57. The zero-order valence-electron chi connectivity index (χ0n) is 11.7. The SMILES string of the molecule is Cc1cc(NCC(C)(C)C(C)C)c(C(=O)O)cn1. The van der Waals surface area contributed by atoms with Crippen molar-refractivity contribution in [1.82, 2.24) is 4.98 Å². The fourth-order valence-corrected chi connectivity index (χ4v) is 1.40. The van der Waals surface area contributed by atoms with Crippen molar-refractivity contribution in [2.75, 3.05) is 11.9 Å². The number of nitrogens with zero attached hydrogens (tertiary/aromatic N) is 1. The lowest BCUT2D eigenvalue weighted by Crippen LogP contribution is -2.29. The van der Waals surface area contributed by atoms with E-state index in [0.717, 1.165) is 12.2 Å². The summed E-state index contributed by atoms with van der Waals surface area (Å²) >= 11 is 0. The number of aryl methyl sites for hydroxylation is 1. The number of aromatic carboxylic acids is 1. The van der Waals surface area contributed by atoms with E-state index in [9.17, 15) is 4.79 Å². The van der Waals surface area contributed by atoms with Crippen LogP contribution in [0.15, 0.2) is 12.3 Å². The molecule has 4 heteroatoms. The van der Waals surface area contributed by atoms with Gasteiger partial charge in [0.2, 0.25) is 0 Å². The number of aromatic nitrogens is 1. The lowest BCUT2D eigenvalue weighted by molar-refractivity contribution is 0.0697. The number of carbonyl (C=O) groups is 1. The fourth-order valence-electron chi connectivity index (χ4n) is 1.40. The number of nitrogens with one attached hydrogen (secondary N) is 1. The van der Waals surface area contributed by atoms with Crippen molar-refractivity contribution in [3.63, 3.8) is 0 Å². The first kappa shape index (κ1) is 14.5. The van der Waals surface area contributed by atoms with E-state index in [1.807, 2.05) is 6.92 Å². The van der Waals surface area contributed by atoms with Gasteiger partial charge in [0.15, 0.2) is 0 Å². The highest BCUT2D eigenvalue weighted by Gasteiger charge is 2.23. The van der Waals surface area contributed by atoms with Gasteiger partial charge in [0.05, 0.1) is 5.69 Å². The maximum absolute atomic E-state index is 11.1. The largest absolute Gasteiger partial charge is 0.478 e. The Morgan fingerprint density at radius 2 is 2.11 bits per heavy atom. The summed E-state index contributed by atoms with van der Waals surface area (Å²) in [6.07, 6.45) is 1.41. The Labute approximate surface area is 108 Å². The van der Waals surface area contributed by atoms with Crippen molar-refractivity contribution >= 4 is 11.7 Å². The summed E-state index contributed by atoms with van der Waals surface area (Å²) < 4.78 is 0. The normalized spacial score (nSPS) is 11.7. The molecule has 0 amide bonds. The molecule has 1 aromatic heterocycles. The number of hydrogen-bond acceptors (Lipinski definition) is 3. The third-order valence-electron chi connectivity index (χ3n) is 3.57. The molecule has 0 aliphatic rings. The first-order chi connectivity index (χ1) is 8.24. The van der Waals surface area contributed by atoms with Crippen LogP contribution >= 0.6 is 0 Å². The molecule has 0 aliphatic carbocycles. The predicted octanol–water partition coefficient (Wildman–Crippen LogP) is 3.18. The van der Waals surface area contributed by atoms with E-state index in [1.165, 1.54) is 6.20 Å². The predicted molar refractivity (Wildman–Crippen MR) is 73.0 cm³/mol. The molecule has 0 spiro atoms. The molecule has 0 atom stereocenters. The smallest absolute Gasteiger partial charge is 0.339 e. The van der Waals surface area contributed by atoms with Crippen LogP contribution in [0.1, 0.15) is 43.7 Å². The first-order valence-electron chi connectivity index (χ1n) is 6.18. The van der Waals surface area contributed by atoms with E-state index in [2.05, 4.69) is 38.0 Å². The van der Waals surface area contributed by atoms with Gasteiger partial charge in [-0.15, -0.1) is 0 Å². The second kappa shape index (κ2) is 5.38. The Morgan fingerprint density at radius 1 is 1.50 bits per heavy atom. The van der Waals surface area contributed by atoms with Crippen molar-refractivity contribution < 1.29 is 9.90 Å². The van der Waals surface area contributed by atoms with Gasteiger partial charge >= 0.3 is 5.97 Å². The number of carboxylic acids is 1. The number of carboxylic acid groups (broad SMARTS) is 1. The minimum Gasteiger partial charge on any atom is -0.478 e. The molecule has 100 valence electrons. The molecular formula is C14H22N2O2. The van der Waals surface area contributed by atoms with Crippen LogP contribution in [0.3, 0.4) is 0 Å². The second-order valence-electron chi connectivity index (χ2n) is 5.67. The monoisotopic (exact) mass is 250 g/mol. The van der Waals surface area contributed by atoms with E-state index in [-0.39, 0.29) is 11.0 Å². The van der Waals surface area contributed by atoms with Gasteiger partial charge < -0.3 is 10.4 Å². The molecular weight excluding hydrogens is 228 g/mol. The third kappa shape index (κ3) is 3.45. The standard InChI is InChI=1S/C14H22N2O2/c1-9(2)14(4,5)8-16-12-6-10(3)15-7-11(12)13(17)18/h6-7,9H,8H2,1-5H3,(H,15,16)(H,17,18). The van der Waals surface area contributed by atoms with Crippen LogP contribution in [0.2, 0.25) is 0 Å². The van der Waals surface area contributed by atoms with Crippen molar-refractivity contribution in [3.05, 3.63) is 23.5 Å². The van der Waals surface area contributed by atoms with Crippen molar-refractivity contribution in [2.24, 2.45) is 11.3 Å². The molecule has 0 aliphatic heterocycles. The maximum Gasteiger partial charge on any atom is 0.339 e. The number of anilines is 1. The van der Waals surface area contributed by atoms with Crippen LogP contribution in [0.4, 0.5) is 5.69 Å². The molecule has 0 saturated heterocycles. The van der Waals surface area contributed by atoms with Gasteiger partial charge in [0.1, 0.15) is 5.56 Å². The van der Waals surface area contributed by atoms with Gasteiger partial charge in [-0.3, -0.25) is 4.98 Å². The summed E-state index contributed by atoms with van der Waals surface area (Å²) in [4.78, 5) is 15.1. The molecule has 0 saturated carbocycles. The van der Waals surface area contributed by atoms with Gasteiger partial charge in [-0.05, 0) is 24.3 Å². The second-order valence-corrected chi connectivity index (χ2v) is 5.67. The molecule has 18 heavy (non-hydrogen) atoms. The molecule has 0 unspecified atom stereocenters. The molecule has 1 heterocycles. The lowest BCUT2D eigenvalue weighted by atomic mass is 9.81. The van der Waals surface area contributed by atoms with Gasteiger partial charge in [-0.1, -0.05) is 27.7 Å². The van der Waals surface area contributed by atoms with Gasteiger partial charge in [0.25, 0.3) is 0 Å². The topological polar surface area (TPSA) is 62.2 Å². The summed E-state index contributed by atoms with van der Waals surface area (Å²) in [6.45, 7) is 11.2. The minimum absolute atomic E-state index is 0.104. The summed E-state index contributed by atoms with van der Waals surface area (Å²) in [6, 6.07) is 1.78. The highest BCUT2D eigenvalue weighted by Crippen LogP contribution is 2.27. The van der Waals surface area contributed by atoms with E-state index in [1.54, 1.807) is 6.07 Å². The van der Waals surface area contributed by atoms with E-state index >= 15 is 0 Å². The van der Waals surface area contributed by atoms with E-state index < -0.39 is 5.97 Å². The van der Waals surface area contributed by atoms with Crippen molar-refractivity contribution in [1.29, 1.82) is 0 Å². The minimum atomic E-state index is -0.952. The maximum atomic E-state index is 11.1. The van der Waals surface area contributed by atoms with Crippen molar-refractivity contribution in [2.45, 2.75) is 34.6 Å². The summed E-state index contributed by atoms with van der Waals surface area (Å²) in [5.41, 5.74) is 1.78. The Balaban J connectivity index is 2.90. The molecule has 1 aromatic rings. The summed E-state index contributed by atoms with van der Waals surface area (Å²) in [5, 5.41) is 12.4. The average molecular weight is 250 g/mol. The van der Waals surface area contributed by atoms with Crippen molar-refractivity contribution in [3.8, 4) is 0 Å². The van der Waals surface area contributed by atoms with E-state index in [4.69, 9.17) is 5.11 Å². The highest BCUT2D eigenvalue weighted by molar-refractivity contribution is 5.93. The van der Waals surface area contributed by atoms with Gasteiger partial charge in [-0.25, -0.2) is 4.79 Å². The van der Waals surface area contributed by atoms with Crippen LogP contribution < -0.4 is 5.32 Å². The Hall–Kier alpha value is -1.58.